The van der Waals surface area contributed by atoms with Gasteiger partial charge in [0.15, 0.2) is 12.4 Å². The van der Waals surface area contributed by atoms with Crippen molar-refractivity contribution in [2.45, 2.75) is 4.90 Å². The minimum absolute atomic E-state index is 0.0310. The Morgan fingerprint density at radius 2 is 1.59 bits per heavy atom. The van der Waals surface area contributed by atoms with E-state index in [1.807, 2.05) is 30.3 Å². The van der Waals surface area contributed by atoms with Crippen LogP contribution in [0.2, 0.25) is 0 Å². The van der Waals surface area contributed by atoms with Crippen molar-refractivity contribution in [1.29, 1.82) is 0 Å². The van der Waals surface area contributed by atoms with Crippen molar-refractivity contribution < 1.29 is 22.7 Å². The molecular formula is C22H17NO5S. The van der Waals surface area contributed by atoms with Gasteiger partial charge in [0.05, 0.1) is 17.0 Å². The second-order valence-corrected chi connectivity index (χ2v) is 7.88. The molecule has 0 aromatic heterocycles. The smallest absolute Gasteiger partial charge is 0.338 e. The lowest BCUT2D eigenvalue weighted by Crippen LogP contribution is -2.24. The summed E-state index contributed by atoms with van der Waals surface area (Å²) in [6.07, 6.45) is 5.04. The molecule has 0 radical (unpaired) electrons. The van der Waals surface area contributed by atoms with Crippen LogP contribution in [-0.2, 0) is 14.8 Å². The molecule has 0 aliphatic carbocycles. The van der Waals surface area contributed by atoms with Crippen molar-refractivity contribution >= 4 is 32.5 Å². The highest BCUT2D eigenvalue weighted by atomic mass is 32.2. The highest BCUT2D eigenvalue weighted by Crippen LogP contribution is 2.16. The maximum atomic E-state index is 12.3. The highest BCUT2D eigenvalue weighted by molar-refractivity contribution is 7.89. The van der Waals surface area contributed by atoms with Crippen LogP contribution in [0.3, 0.4) is 0 Å². The number of nitrogens with one attached hydrogen (secondary N) is 1. The Bertz CT molecular complexity index is 1210. The number of sulfonamides is 1. The second kappa shape index (κ2) is 8.69. The van der Waals surface area contributed by atoms with E-state index in [-0.39, 0.29) is 22.8 Å². The fourth-order valence-corrected chi connectivity index (χ4v) is 3.59. The Morgan fingerprint density at radius 1 is 0.931 bits per heavy atom. The molecule has 0 unspecified atom stereocenters. The summed E-state index contributed by atoms with van der Waals surface area (Å²) < 4.78 is 31.2. The number of ether oxygens (including phenoxy) is 1. The first-order valence-electron chi connectivity index (χ1n) is 8.63. The van der Waals surface area contributed by atoms with Gasteiger partial charge < -0.3 is 4.74 Å². The van der Waals surface area contributed by atoms with Crippen molar-refractivity contribution in [3.63, 3.8) is 0 Å². The van der Waals surface area contributed by atoms with Crippen LogP contribution in [0.25, 0.3) is 10.8 Å². The Morgan fingerprint density at radius 3 is 2.28 bits per heavy atom. The molecule has 0 bridgehead atoms. The van der Waals surface area contributed by atoms with Crippen LogP contribution in [0.5, 0.6) is 0 Å². The van der Waals surface area contributed by atoms with Gasteiger partial charge >= 0.3 is 5.97 Å². The van der Waals surface area contributed by atoms with Crippen LogP contribution in [0.4, 0.5) is 0 Å². The molecule has 146 valence electrons. The molecule has 0 heterocycles. The van der Waals surface area contributed by atoms with Crippen LogP contribution in [-0.4, -0.2) is 33.3 Å². The van der Waals surface area contributed by atoms with Gasteiger partial charge in [0.2, 0.25) is 10.0 Å². The third-order valence-corrected chi connectivity index (χ3v) is 5.59. The number of benzene rings is 3. The number of ketones is 1. The molecule has 3 aromatic rings. The number of hydrogen-bond donors (Lipinski definition) is 1. The number of Topliss-reactive ketones (excluding diaryl/α,β-unsaturated/α-hetero) is 1. The van der Waals surface area contributed by atoms with E-state index in [4.69, 9.17) is 11.2 Å². The van der Waals surface area contributed by atoms with E-state index < -0.39 is 22.6 Å². The Hall–Kier alpha value is -3.47. The molecule has 0 amide bonds. The Balaban J connectivity index is 1.64. The number of rotatable bonds is 7. The predicted octanol–water partition coefficient (Wildman–Crippen LogP) is 2.79. The Labute approximate surface area is 168 Å². The lowest BCUT2D eigenvalue weighted by molar-refractivity contribution is 0.0474. The van der Waals surface area contributed by atoms with Gasteiger partial charge in [-0.15, -0.1) is 6.42 Å². The largest absolute Gasteiger partial charge is 0.454 e. The van der Waals surface area contributed by atoms with Crippen molar-refractivity contribution in [2.24, 2.45) is 0 Å². The molecule has 0 spiro atoms. The second-order valence-electron chi connectivity index (χ2n) is 6.11. The molecule has 0 aliphatic rings. The van der Waals surface area contributed by atoms with Crippen molar-refractivity contribution in [1.82, 2.24) is 4.72 Å². The monoisotopic (exact) mass is 407 g/mol. The van der Waals surface area contributed by atoms with Gasteiger partial charge in [-0.3, -0.25) is 4.79 Å². The quantitative estimate of drug-likeness (QED) is 0.370. The van der Waals surface area contributed by atoms with Gasteiger partial charge in [-0.1, -0.05) is 42.3 Å². The van der Waals surface area contributed by atoms with E-state index >= 15 is 0 Å². The lowest BCUT2D eigenvalue weighted by atomic mass is 10.0. The third-order valence-electron chi connectivity index (χ3n) is 4.17. The normalized spacial score (nSPS) is 11.0. The minimum atomic E-state index is -3.74. The fourth-order valence-electron chi connectivity index (χ4n) is 2.65. The van der Waals surface area contributed by atoms with Gasteiger partial charge in [-0.25, -0.2) is 13.2 Å². The summed E-state index contributed by atoms with van der Waals surface area (Å²) in [5.41, 5.74) is 0.574. The van der Waals surface area contributed by atoms with Crippen LogP contribution < -0.4 is 4.72 Å². The molecule has 1 N–H and O–H groups in total. The minimum Gasteiger partial charge on any atom is -0.454 e. The zero-order valence-corrected chi connectivity index (χ0v) is 16.1. The molecule has 3 aromatic carbocycles. The molecule has 6 nitrogen and oxygen atoms in total. The zero-order chi connectivity index (χ0) is 20.9. The van der Waals surface area contributed by atoms with E-state index in [0.29, 0.717) is 5.56 Å². The van der Waals surface area contributed by atoms with Crippen LogP contribution in [0, 0.1) is 12.3 Å². The number of hydrogen-bond acceptors (Lipinski definition) is 5. The van der Waals surface area contributed by atoms with Crippen LogP contribution >= 0.6 is 0 Å². The number of fused-ring (bicyclic) bond motifs is 1. The number of carbonyl (C=O) groups excluding carboxylic acids is 2. The zero-order valence-electron chi connectivity index (χ0n) is 15.3. The van der Waals surface area contributed by atoms with E-state index in [1.165, 1.54) is 24.3 Å². The number of esters is 1. The molecular weight excluding hydrogens is 390 g/mol. The first kappa shape index (κ1) is 20.3. The van der Waals surface area contributed by atoms with E-state index in [0.717, 1.165) is 10.8 Å². The van der Waals surface area contributed by atoms with Gasteiger partial charge in [0, 0.05) is 5.56 Å². The summed E-state index contributed by atoms with van der Waals surface area (Å²) >= 11 is 0. The van der Waals surface area contributed by atoms with Gasteiger partial charge in [0.1, 0.15) is 0 Å². The first-order valence-corrected chi connectivity index (χ1v) is 10.1. The molecule has 0 aliphatic heterocycles. The average molecular weight is 407 g/mol. The summed E-state index contributed by atoms with van der Waals surface area (Å²) in [5, 5.41) is 1.92. The summed E-state index contributed by atoms with van der Waals surface area (Å²) in [4.78, 5) is 24.5. The van der Waals surface area contributed by atoms with E-state index in [1.54, 1.807) is 12.1 Å². The average Bonchev–Trinajstić information content (AvgIpc) is 2.75. The van der Waals surface area contributed by atoms with Crippen molar-refractivity contribution in [3.8, 4) is 12.3 Å². The SMILES string of the molecule is C#CCNS(=O)(=O)c1ccc(C(=O)OCC(=O)c2ccc3ccccc3c2)cc1. The van der Waals surface area contributed by atoms with Gasteiger partial charge in [0.25, 0.3) is 0 Å². The van der Waals surface area contributed by atoms with Crippen molar-refractivity contribution in [3.05, 3.63) is 77.9 Å². The third kappa shape index (κ3) is 4.88. The fraction of sp³-hybridized carbons (Fsp3) is 0.0909. The molecule has 7 heteroatoms. The molecule has 29 heavy (non-hydrogen) atoms. The number of carbonyl (C=O) groups is 2. The van der Waals surface area contributed by atoms with E-state index in [2.05, 4.69) is 10.6 Å². The standard InChI is InChI=1S/C22H17NO5S/c1-2-13-23-29(26,27)20-11-9-17(10-12-20)22(25)28-15-21(24)19-8-7-16-5-3-4-6-18(16)14-19/h1,3-12,14,23H,13,15H2. The molecule has 3 rings (SSSR count). The maximum absolute atomic E-state index is 12.3. The van der Waals surface area contributed by atoms with E-state index in [9.17, 15) is 18.0 Å². The van der Waals surface area contributed by atoms with Crippen LogP contribution in [0.15, 0.2) is 71.6 Å². The first-order chi connectivity index (χ1) is 13.9. The number of terminal acetylenes is 1. The predicted molar refractivity (Wildman–Crippen MR) is 109 cm³/mol. The summed E-state index contributed by atoms with van der Waals surface area (Å²) in [6.45, 7) is -0.552. The van der Waals surface area contributed by atoms with Crippen molar-refractivity contribution in [2.75, 3.05) is 13.2 Å². The lowest BCUT2D eigenvalue weighted by Gasteiger charge is -2.07. The molecule has 0 saturated carbocycles. The van der Waals surface area contributed by atoms with Gasteiger partial charge in [-0.05, 0) is 41.1 Å². The van der Waals surface area contributed by atoms with Crippen LogP contribution in [0.1, 0.15) is 20.7 Å². The summed E-state index contributed by atoms with van der Waals surface area (Å²) in [5.74, 6) is 1.12. The molecule has 0 saturated heterocycles. The molecule has 0 fully saturated rings. The van der Waals surface area contributed by atoms with Gasteiger partial charge in [-0.2, -0.15) is 4.72 Å². The summed E-state index contributed by atoms with van der Waals surface area (Å²) in [7, 11) is -3.74. The maximum Gasteiger partial charge on any atom is 0.338 e. The summed E-state index contributed by atoms with van der Waals surface area (Å²) in [6, 6.07) is 18.0. The topological polar surface area (TPSA) is 89.5 Å². The molecule has 0 atom stereocenters. The Kier molecular flexibility index (Phi) is 6.07. The highest BCUT2D eigenvalue weighted by Gasteiger charge is 2.16.